The molecule has 0 N–H and O–H groups in total. The molecule has 3 aliphatic heterocycles. The molecule has 11 nitrogen and oxygen atoms in total. The number of aromatic nitrogens is 6. The van der Waals surface area contributed by atoms with Crippen LogP contribution >= 0.6 is 0 Å². The van der Waals surface area contributed by atoms with Crippen molar-refractivity contribution in [1.29, 1.82) is 5.26 Å². The van der Waals surface area contributed by atoms with Crippen molar-refractivity contribution in [2.24, 2.45) is 7.05 Å². The molecule has 0 aromatic carbocycles. The third kappa shape index (κ3) is 4.04. The van der Waals surface area contributed by atoms with Gasteiger partial charge in [0.2, 0.25) is 0 Å². The zero-order valence-corrected chi connectivity index (χ0v) is 21.2. The predicted octanol–water partition coefficient (Wildman–Crippen LogP) is 3.26. The highest BCUT2D eigenvalue weighted by molar-refractivity contribution is 5.83. The molecule has 1 amide bonds. The molecule has 11 heteroatoms. The maximum absolute atomic E-state index is 12.6. The third-order valence-electron chi connectivity index (χ3n) is 6.76. The van der Waals surface area contributed by atoms with E-state index in [4.69, 9.17) is 14.7 Å². The number of nitrogens with zero attached hydrogens (tertiary/aromatic N) is 9. The van der Waals surface area contributed by atoms with Gasteiger partial charge >= 0.3 is 6.09 Å². The number of ether oxygens (including phenoxy) is 1. The van der Waals surface area contributed by atoms with E-state index in [0.29, 0.717) is 35.6 Å². The minimum absolute atomic E-state index is 0.123. The molecule has 0 saturated carbocycles. The molecule has 0 radical (unpaired) electrons. The Labute approximate surface area is 213 Å². The zero-order valence-electron chi connectivity index (χ0n) is 21.2. The highest BCUT2D eigenvalue weighted by atomic mass is 16.6. The van der Waals surface area contributed by atoms with Crippen molar-refractivity contribution in [1.82, 2.24) is 34.3 Å². The molecule has 37 heavy (non-hydrogen) atoms. The summed E-state index contributed by atoms with van der Waals surface area (Å²) in [5.41, 5.74) is 3.55. The Balaban J connectivity index is 1.27. The van der Waals surface area contributed by atoms with Crippen LogP contribution < -0.4 is 4.90 Å². The Bertz CT molecular complexity index is 1530. The largest absolute Gasteiger partial charge is 0.444 e. The van der Waals surface area contributed by atoms with Crippen LogP contribution in [-0.4, -0.2) is 71.1 Å². The molecule has 7 rings (SSSR count). The van der Waals surface area contributed by atoms with E-state index in [-0.39, 0.29) is 18.2 Å². The second-order valence-corrected chi connectivity index (χ2v) is 10.6. The molecule has 0 spiro atoms. The minimum Gasteiger partial charge on any atom is -0.444 e. The fourth-order valence-corrected chi connectivity index (χ4v) is 5.11. The Morgan fingerprint density at radius 3 is 2.49 bits per heavy atom. The van der Waals surface area contributed by atoms with Crippen LogP contribution in [0.1, 0.15) is 32.8 Å². The monoisotopic (exact) mass is 497 g/mol. The van der Waals surface area contributed by atoms with Gasteiger partial charge in [-0.25, -0.2) is 19.3 Å². The van der Waals surface area contributed by atoms with Gasteiger partial charge < -0.3 is 9.64 Å². The van der Waals surface area contributed by atoms with Gasteiger partial charge in [0.1, 0.15) is 28.6 Å². The van der Waals surface area contributed by atoms with E-state index < -0.39 is 5.60 Å². The molecule has 3 aliphatic rings. The quantitative estimate of drug-likeness (QED) is 0.423. The van der Waals surface area contributed by atoms with Gasteiger partial charge in [0.15, 0.2) is 0 Å². The Morgan fingerprint density at radius 2 is 1.86 bits per heavy atom. The maximum atomic E-state index is 12.6. The number of anilines is 1. The first-order valence-corrected chi connectivity index (χ1v) is 12.2. The fraction of sp³-hybridized carbons (Fsp3) is 0.385. The number of amides is 1. The van der Waals surface area contributed by atoms with E-state index in [1.807, 2.05) is 51.0 Å². The second-order valence-electron chi connectivity index (χ2n) is 10.6. The zero-order chi connectivity index (χ0) is 25.9. The lowest BCUT2D eigenvalue weighted by molar-refractivity contribution is -0.0380. The van der Waals surface area contributed by atoms with Gasteiger partial charge in [-0.15, -0.1) is 0 Å². The highest BCUT2D eigenvalue weighted by Crippen LogP contribution is 2.36. The number of pyridine rings is 1. The van der Waals surface area contributed by atoms with Crippen molar-refractivity contribution in [3.8, 4) is 28.6 Å². The molecule has 4 aromatic heterocycles. The number of fused-ring (bicyclic) bond motifs is 3. The van der Waals surface area contributed by atoms with Crippen LogP contribution in [0.5, 0.6) is 0 Å². The number of piperazine rings is 1. The average Bonchev–Trinajstić information content (AvgIpc) is 3.48. The van der Waals surface area contributed by atoms with Crippen LogP contribution in [0.15, 0.2) is 43.1 Å². The van der Waals surface area contributed by atoms with Crippen molar-refractivity contribution in [2.75, 3.05) is 18.0 Å². The summed E-state index contributed by atoms with van der Waals surface area (Å²) in [5, 5.41) is 18.3. The van der Waals surface area contributed by atoms with Gasteiger partial charge in [0, 0.05) is 43.7 Å². The summed E-state index contributed by atoms with van der Waals surface area (Å²) in [6.45, 7) is 7.08. The van der Waals surface area contributed by atoms with Crippen molar-refractivity contribution in [3.63, 3.8) is 0 Å². The van der Waals surface area contributed by atoms with Gasteiger partial charge in [-0.3, -0.25) is 9.58 Å². The fourth-order valence-electron chi connectivity index (χ4n) is 5.11. The van der Waals surface area contributed by atoms with E-state index in [2.05, 4.69) is 21.2 Å². The van der Waals surface area contributed by atoms with E-state index in [1.54, 1.807) is 34.0 Å². The highest BCUT2D eigenvalue weighted by Gasteiger charge is 2.49. The van der Waals surface area contributed by atoms with Gasteiger partial charge in [-0.05, 0) is 39.3 Å². The summed E-state index contributed by atoms with van der Waals surface area (Å²) in [4.78, 5) is 26.3. The predicted molar refractivity (Wildman–Crippen MR) is 136 cm³/mol. The first-order chi connectivity index (χ1) is 17.7. The van der Waals surface area contributed by atoms with Crippen LogP contribution in [0.2, 0.25) is 0 Å². The van der Waals surface area contributed by atoms with Gasteiger partial charge in [-0.2, -0.15) is 15.5 Å². The summed E-state index contributed by atoms with van der Waals surface area (Å²) in [6, 6.07) is 6.40. The van der Waals surface area contributed by atoms with E-state index in [1.165, 1.54) is 0 Å². The molecular weight excluding hydrogens is 470 g/mol. The van der Waals surface area contributed by atoms with Gasteiger partial charge in [-0.1, -0.05) is 0 Å². The third-order valence-corrected chi connectivity index (χ3v) is 6.76. The average molecular weight is 498 g/mol. The molecule has 7 heterocycles. The topological polar surface area (TPSA) is 117 Å². The van der Waals surface area contributed by atoms with Crippen LogP contribution in [0.4, 0.5) is 10.6 Å². The SMILES string of the molecule is Cn1cc(-c2cn3ncc(C#N)c3c(-c3ccc(N4CC5CC(C4)N5C(=O)OC(C)(C)C)nc3)n2)cn1. The number of hydrogen-bond donors (Lipinski definition) is 0. The van der Waals surface area contributed by atoms with Gasteiger partial charge in [0.05, 0.1) is 42.1 Å². The number of hydrogen-bond acceptors (Lipinski definition) is 8. The maximum Gasteiger partial charge on any atom is 0.410 e. The molecule has 2 atom stereocenters. The minimum atomic E-state index is -0.507. The number of carbonyl (C=O) groups is 1. The summed E-state index contributed by atoms with van der Waals surface area (Å²) in [6.07, 6.45) is 9.50. The standard InChI is InChI=1S/C26H27N9O2/c1-26(2,3)37-25(36)35-19-7-20(35)14-33(13-19)22-6-5-16(9-28-22)23-24-17(8-27)10-30-34(24)15-21(31-23)18-11-29-32(4)12-18/h5-6,9-12,15,19-20H,7,13-14H2,1-4H3. The Hall–Kier alpha value is -4.46. The second kappa shape index (κ2) is 8.30. The van der Waals surface area contributed by atoms with E-state index >= 15 is 0 Å². The van der Waals surface area contributed by atoms with Crippen LogP contribution in [-0.2, 0) is 11.8 Å². The molecule has 2 unspecified atom stereocenters. The van der Waals surface area contributed by atoms with E-state index in [9.17, 15) is 10.1 Å². The summed E-state index contributed by atoms with van der Waals surface area (Å²) >= 11 is 0. The normalized spacial score (nSPS) is 19.0. The van der Waals surface area contributed by atoms with Crippen molar-refractivity contribution in [2.45, 2.75) is 44.9 Å². The summed E-state index contributed by atoms with van der Waals surface area (Å²) < 4.78 is 8.98. The summed E-state index contributed by atoms with van der Waals surface area (Å²) in [5.74, 6) is 0.843. The number of carbonyl (C=O) groups excluding carboxylic acids is 1. The molecule has 188 valence electrons. The lowest BCUT2D eigenvalue weighted by atomic mass is 9.88. The summed E-state index contributed by atoms with van der Waals surface area (Å²) in [7, 11) is 1.85. The molecule has 0 aliphatic carbocycles. The van der Waals surface area contributed by atoms with Gasteiger partial charge in [0.25, 0.3) is 0 Å². The van der Waals surface area contributed by atoms with Crippen molar-refractivity contribution in [3.05, 3.63) is 48.7 Å². The first kappa shape index (κ1) is 23.0. The Morgan fingerprint density at radius 1 is 1.08 bits per heavy atom. The van der Waals surface area contributed by atoms with Crippen LogP contribution in [0.25, 0.3) is 28.0 Å². The Kier molecular flexibility index (Phi) is 5.15. The number of nitriles is 1. The number of piperidine rings is 1. The molecular formula is C26H27N9O2. The van der Waals surface area contributed by atoms with Crippen molar-refractivity contribution >= 4 is 17.4 Å². The van der Waals surface area contributed by atoms with Crippen molar-refractivity contribution < 1.29 is 9.53 Å². The lowest BCUT2D eigenvalue weighted by Crippen LogP contribution is -2.70. The lowest BCUT2D eigenvalue weighted by Gasteiger charge is -2.56. The van der Waals surface area contributed by atoms with E-state index in [0.717, 1.165) is 23.4 Å². The number of aryl methyl sites for hydroxylation is 1. The van der Waals surface area contributed by atoms with Crippen LogP contribution in [0, 0.1) is 11.3 Å². The molecule has 3 saturated heterocycles. The first-order valence-electron chi connectivity index (χ1n) is 12.2. The molecule has 2 bridgehead atoms. The molecule has 4 aromatic rings. The number of rotatable bonds is 3. The molecule has 3 fully saturated rings. The van der Waals surface area contributed by atoms with Crippen LogP contribution in [0.3, 0.4) is 0 Å². The smallest absolute Gasteiger partial charge is 0.410 e.